The van der Waals surface area contributed by atoms with Crippen molar-refractivity contribution in [2.75, 3.05) is 5.32 Å². The number of anilines is 1. The molecule has 0 fully saturated rings. The van der Waals surface area contributed by atoms with E-state index in [0.717, 1.165) is 0 Å². The molecule has 0 aliphatic carbocycles. The van der Waals surface area contributed by atoms with Crippen molar-refractivity contribution in [3.63, 3.8) is 0 Å². The van der Waals surface area contributed by atoms with Crippen LogP contribution in [0.15, 0.2) is 48.0 Å². The smallest absolute Gasteiger partial charge is 0.337 e. The summed E-state index contributed by atoms with van der Waals surface area (Å²) in [4.78, 5) is 34.0. The summed E-state index contributed by atoms with van der Waals surface area (Å²) in [5.41, 5.74) is 0.232. The molecule has 0 atom stereocenters. The number of carboxylic acid groups (broad SMARTS) is 1. The van der Waals surface area contributed by atoms with E-state index in [1.54, 1.807) is 6.07 Å². The molecule has 0 bridgehead atoms. The summed E-state index contributed by atoms with van der Waals surface area (Å²) in [6, 6.07) is 9.98. The molecule has 2 N–H and O–H groups in total. The van der Waals surface area contributed by atoms with E-state index < -0.39 is 16.8 Å². The molecule has 0 saturated heterocycles. The molecule has 0 heterocycles. The number of nitro benzene ring substituents is 1. The average Bonchev–Trinajstić information content (AvgIpc) is 2.54. The SMILES string of the molecule is CC(=Cc1ccccc1[N+](=O)[O-])C(=O)Nc1cc(Cl)ccc1C(=O)O. The number of carbonyl (C=O) groups excluding carboxylic acids is 1. The molecule has 2 aromatic carbocycles. The first-order valence-corrected chi connectivity index (χ1v) is 7.43. The molecule has 0 spiro atoms. The Balaban J connectivity index is 2.32. The van der Waals surface area contributed by atoms with Crippen LogP contribution in [0.4, 0.5) is 11.4 Å². The molecule has 0 aliphatic rings. The lowest BCUT2D eigenvalue weighted by Crippen LogP contribution is -2.15. The van der Waals surface area contributed by atoms with Crippen LogP contribution >= 0.6 is 11.6 Å². The van der Waals surface area contributed by atoms with Gasteiger partial charge in [0, 0.05) is 16.7 Å². The second-order valence-corrected chi connectivity index (χ2v) is 5.53. The highest BCUT2D eigenvalue weighted by atomic mass is 35.5. The Kier molecular flexibility index (Phi) is 5.51. The predicted molar refractivity (Wildman–Crippen MR) is 93.8 cm³/mol. The topological polar surface area (TPSA) is 110 Å². The van der Waals surface area contributed by atoms with Crippen LogP contribution in [-0.2, 0) is 4.79 Å². The Bertz CT molecular complexity index is 892. The Morgan fingerprint density at radius 2 is 1.92 bits per heavy atom. The van der Waals surface area contributed by atoms with Gasteiger partial charge in [-0.25, -0.2) is 4.79 Å². The summed E-state index contributed by atoms with van der Waals surface area (Å²) in [7, 11) is 0. The number of halogens is 1. The summed E-state index contributed by atoms with van der Waals surface area (Å²) in [6.07, 6.45) is 1.36. The minimum Gasteiger partial charge on any atom is -0.478 e. The molecule has 8 heteroatoms. The molecule has 0 aromatic heterocycles. The van der Waals surface area contributed by atoms with Crippen molar-refractivity contribution >= 4 is 40.9 Å². The van der Waals surface area contributed by atoms with Crippen molar-refractivity contribution in [2.24, 2.45) is 0 Å². The normalized spacial score (nSPS) is 11.0. The fourth-order valence-electron chi connectivity index (χ4n) is 2.10. The summed E-state index contributed by atoms with van der Waals surface area (Å²) >= 11 is 5.84. The van der Waals surface area contributed by atoms with Gasteiger partial charge in [0.2, 0.25) is 0 Å². The molecule has 0 aliphatic heterocycles. The quantitative estimate of drug-likeness (QED) is 0.476. The third-order valence-electron chi connectivity index (χ3n) is 3.32. The highest BCUT2D eigenvalue weighted by Crippen LogP contribution is 2.23. The minimum atomic E-state index is -1.22. The van der Waals surface area contributed by atoms with Gasteiger partial charge in [0.1, 0.15) is 0 Å². The maximum atomic E-state index is 12.3. The van der Waals surface area contributed by atoms with Gasteiger partial charge in [-0.15, -0.1) is 0 Å². The summed E-state index contributed by atoms with van der Waals surface area (Å²) < 4.78 is 0. The van der Waals surface area contributed by atoms with Crippen molar-refractivity contribution in [1.82, 2.24) is 0 Å². The van der Waals surface area contributed by atoms with Gasteiger partial charge in [-0.05, 0) is 37.3 Å². The highest BCUT2D eigenvalue weighted by Gasteiger charge is 2.16. The van der Waals surface area contributed by atoms with Crippen molar-refractivity contribution in [1.29, 1.82) is 0 Å². The average molecular weight is 361 g/mol. The van der Waals surface area contributed by atoms with Gasteiger partial charge in [0.25, 0.3) is 11.6 Å². The fraction of sp³-hybridized carbons (Fsp3) is 0.0588. The van der Waals surface area contributed by atoms with Crippen molar-refractivity contribution < 1.29 is 19.6 Å². The Morgan fingerprint density at radius 3 is 2.56 bits per heavy atom. The third kappa shape index (κ3) is 4.42. The molecular formula is C17H13ClN2O5. The third-order valence-corrected chi connectivity index (χ3v) is 3.56. The lowest BCUT2D eigenvalue weighted by atomic mass is 10.1. The molecule has 25 heavy (non-hydrogen) atoms. The van der Waals surface area contributed by atoms with Gasteiger partial charge in [-0.3, -0.25) is 14.9 Å². The van der Waals surface area contributed by atoms with E-state index in [4.69, 9.17) is 16.7 Å². The van der Waals surface area contributed by atoms with Gasteiger partial charge >= 0.3 is 5.97 Å². The van der Waals surface area contributed by atoms with Crippen LogP contribution in [0, 0.1) is 10.1 Å². The molecule has 0 saturated carbocycles. The number of carbonyl (C=O) groups is 2. The second kappa shape index (κ2) is 7.59. The first kappa shape index (κ1) is 18.2. The molecule has 7 nitrogen and oxygen atoms in total. The van der Waals surface area contributed by atoms with E-state index in [9.17, 15) is 19.7 Å². The number of nitrogens with zero attached hydrogens (tertiary/aromatic N) is 1. The lowest BCUT2D eigenvalue weighted by Gasteiger charge is -2.09. The number of hydrogen-bond acceptors (Lipinski definition) is 4. The van der Waals surface area contributed by atoms with Gasteiger partial charge in [-0.1, -0.05) is 23.7 Å². The van der Waals surface area contributed by atoms with Crippen LogP contribution in [0.25, 0.3) is 6.08 Å². The van der Waals surface area contributed by atoms with Gasteiger partial charge in [0.05, 0.1) is 21.7 Å². The van der Waals surface area contributed by atoms with E-state index >= 15 is 0 Å². The largest absolute Gasteiger partial charge is 0.478 e. The molecule has 128 valence electrons. The lowest BCUT2D eigenvalue weighted by molar-refractivity contribution is -0.385. The van der Waals surface area contributed by atoms with E-state index in [1.807, 2.05) is 0 Å². The van der Waals surface area contributed by atoms with E-state index in [2.05, 4.69) is 5.32 Å². The molecular weight excluding hydrogens is 348 g/mol. The second-order valence-electron chi connectivity index (χ2n) is 5.09. The molecule has 0 unspecified atom stereocenters. The minimum absolute atomic E-state index is 0.0420. The first-order valence-electron chi connectivity index (χ1n) is 7.05. The number of benzene rings is 2. The first-order chi connectivity index (χ1) is 11.8. The van der Waals surface area contributed by atoms with E-state index in [-0.39, 0.29) is 33.1 Å². The molecule has 0 radical (unpaired) electrons. The predicted octanol–water partition coefficient (Wildman–Crippen LogP) is 3.99. The van der Waals surface area contributed by atoms with Crippen LogP contribution in [0.2, 0.25) is 5.02 Å². The number of para-hydroxylation sites is 1. The number of aromatic carboxylic acids is 1. The maximum absolute atomic E-state index is 12.3. The number of nitro groups is 1. The van der Waals surface area contributed by atoms with Gasteiger partial charge in [-0.2, -0.15) is 0 Å². The summed E-state index contributed by atoms with van der Waals surface area (Å²) in [5, 5.41) is 22.9. The number of carboxylic acids is 1. The molecule has 1 amide bonds. The van der Waals surface area contributed by atoms with Crippen molar-refractivity contribution in [3.8, 4) is 0 Å². The summed E-state index contributed by atoms with van der Waals surface area (Å²) in [6.45, 7) is 1.47. The van der Waals surface area contributed by atoms with Gasteiger partial charge < -0.3 is 10.4 Å². The number of rotatable bonds is 5. The zero-order valence-electron chi connectivity index (χ0n) is 13.0. The van der Waals surface area contributed by atoms with Crippen LogP contribution < -0.4 is 5.32 Å². The maximum Gasteiger partial charge on any atom is 0.337 e. The Labute approximate surface area is 147 Å². The molecule has 2 aromatic rings. The van der Waals surface area contributed by atoms with E-state index in [0.29, 0.717) is 0 Å². The van der Waals surface area contributed by atoms with Crippen molar-refractivity contribution in [3.05, 3.63) is 74.3 Å². The fourth-order valence-corrected chi connectivity index (χ4v) is 2.27. The van der Waals surface area contributed by atoms with Crippen LogP contribution in [-0.4, -0.2) is 21.9 Å². The van der Waals surface area contributed by atoms with Gasteiger partial charge in [0.15, 0.2) is 0 Å². The van der Waals surface area contributed by atoms with Crippen molar-refractivity contribution in [2.45, 2.75) is 6.92 Å². The van der Waals surface area contributed by atoms with E-state index in [1.165, 1.54) is 49.4 Å². The standard InChI is InChI=1S/C17H13ClN2O5/c1-10(8-11-4-2-3-5-15(11)20(24)25)16(21)19-14-9-12(18)6-7-13(14)17(22)23/h2-9H,1H3,(H,19,21)(H,22,23). The number of amides is 1. The molecule has 2 rings (SSSR count). The van der Waals surface area contributed by atoms with Crippen LogP contribution in [0.1, 0.15) is 22.8 Å². The monoisotopic (exact) mass is 360 g/mol. The summed E-state index contributed by atoms with van der Waals surface area (Å²) in [5.74, 6) is -1.81. The zero-order chi connectivity index (χ0) is 18.6. The Morgan fingerprint density at radius 1 is 1.24 bits per heavy atom. The highest BCUT2D eigenvalue weighted by molar-refractivity contribution is 6.31. The Hall–Kier alpha value is -3.19. The zero-order valence-corrected chi connectivity index (χ0v) is 13.8. The number of hydrogen-bond donors (Lipinski definition) is 2. The van der Waals surface area contributed by atoms with Crippen LogP contribution in [0.5, 0.6) is 0 Å². The van der Waals surface area contributed by atoms with Crippen LogP contribution in [0.3, 0.4) is 0 Å². The number of nitrogens with one attached hydrogen (secondary N) is 1.